The molecule has 3 rings (SSSR count). The summed E-state index contributed by atoms with van der Waals surface area (Å²) in [6.07, 6.45) is 2.17. The second kappa shape index (κ2) is 10.3. The minimum absolute atomic E-state index is 0.138. The van der Waals surface area contributed by atoms with Crippen LogP contribution in [0.4, 0.5) is 0 Å². The molecule has 0 aliphatic heterocycles. The van der Waals surface area contributed by atoms with E-state index in [0.717, 1.165) is 12.8 Å². The van der Waals surface area contributed by atoms with Crippen molar-refractivity contribution in [1.29, 1.82) is 10.8 Å². The highest BCUT2D eigenvalue weighted by Gasteiger charge is 2.17. The molecule has 0 aliphatic rings. The van der Waals surface area contributed by atoms with E-state index in [-0.39, 0.29) is 10.8 Å². The lowest BCUT2D eigenvalue weighted by molar-refractivity contribution is 0.590. The Balaban J connectivity index is 2.00. The molecule has 0 fully saturated rings. The average Bonchev–Trinajstić information content (AvgIpc) is 2.75. The molecule has 0 unspecified atom stereocenters. The van der Waals surface area contributed by atoms with Gasteiger partial charge in [-0.1, -0.05) is 108 Å². The van der Waals surface area contributed by atoms with Gasteiger partial charge >= 0.3 is 0 Å². The standard InChI is InChI=1S/C33H42N2/c1-22-17-26(19-24-9-13-28(14-10-24)32(3,4)5)30(21-31(35)23(2)34)27(18-22)20-25-11-15-29(16-12-25)33(6,7)8/h9-18,34-35H,19-21H2,1-8H3. The van der Waals surface area contributed by atoms with Gasteiger partial charge in [-0.2, -0.15) is 0 Å². The first kappa shape index (κ1) is 26.6. The van der Waals surface area contributed by atoms with Crippen LogP contribution in [-0.2, 0) is 30.1 Å². The SMILES string of the molecule is CC(=N)C(=N)Cc1c(Cc2ccc(C(C)(C)C)cc2)cc(C)cc1Cc1ccc(C(C)(C)C)cc1. The van der Waals surface area contributed by atoms with E-state index >= 15 is 0 Å². The molecule has 0 aromatic heterocycles. The van der Waals surface area contributed by atoms with Gasteiger partial charge in [-0.15, -0.1) is 0 Å². The molecule has 0 atom stereocenters. The van der Waals surface area contributed by atoms with Gasteiger partial charge in [0.25, 0.3) is 0 Å². The molecule has 0 saturated heterocycles. The van der Waals surface area contributed by atoms with Crippen LogP contribution in [0.3, 0.4) is 0 Å². The molecule has 3 aromatic rings. The Morgan fingerprint density at radius 3 is 1.34 bits per heavy atom. The lowest BCUT2D eigenvalue weighted by Crippen LogP contribution is -2.15. The zero-order chi connectivity index (χ0) is 26.0. The zero-order valence-corrected chi connectivity index (χ0v) is 22.9. The summed E-state index contributed by atoms with van der Waals surface area (Å²) in [7, 11) is 0. The van der Waals surface area contributed by atoms with Gasteiger partial charge in [-0.3, -0.25) is 0 Å². The van der Waals surface area contributed by atoms with Crippen LogP contribution in [-0.4, -0.2) is 11.4 Å². The number of benzene rings is 3. The Labute approximate surface area is 212 Å². The normalized spacial score (nSPS) is 12.0. The number of hydrogen-bond donors (Lipinski definition) is 2. The van der Waals surface area contributed by atoms with E-state index < -0.39 is 0 Å². The second-order valence-electron chi connectivity index (χ2n) is 12.1. The Morgan fingerprint density at radius 1 is 0.657 bits per heavy atom. The van der Waals surface area contributed by atoms with Crippen molar-refractivity contribution in [2.24, 2.45) is 0 Å². The summed E-state index contributed by atoms with van der Waals surface area (Å²) in [5.74, 6) is 0. The van der Waals surface area contributed by atoms with E-state index in [4.69, 9.17) is 10.8 Å². The maximum atomic E-state index is 8.46. The van der Waals surface area contributed by atoms with Gasteiger partial charge < -0.3 is 10.8 Å². The second-order valence-corrected chi connectivity index (χ2v) is 12.1. The lowest BCUT2D eigenvalue weighted by atomic mass is 9.84. The summed E-state index contributed by atoms with van der Waals surface area (Å²) >= 11 is 0. The summed E-state index contributed by atoms with van der Waals surface area (Å²) < 4.78 is 0. The molecule has 0 radical (unpaired) electrons. The first-order chi connectivity index (χ1) is 16.2. The van der Waals surface area contributed by atoms with E-state index in [2.05, 4.69) is 109 Å². The molecule has 2 nitrogen and oxygen atoms in total. The summed E-state index contributed by atoms with van der Waals surface area (Å²) in [6, 6.07) is 22.5. The van der Waals surface area contributed by atoms with Gasteiger partial charge in [0, 0.05) is 12.1 Å². The van der Waals surface area contributed by atoms with Crippen molar-refractivity contribution in [3.63, 3.8) is 0 Å². The predicted molar refractivity (Wildman–Crippen MR) is 152 cm³/mol. The van der Waals surface area contributed by atoms with Gasteiger partial charge in [-0.05, 0) is 76.5 Å². The fourth-order valence-corrected chi connectivity index (χ4v) is 4.51. The first-order valence-corrected chi connectivity index (χ1v) is 12.7. The van der Waals surface area contributed by atoms with Gasteiger partial charge in [0.2, 0.25) is 0 Å². The highest BCUT2D eigenvalue weighted by molar-refractivity contribution is 6.39. The van der Waals surface area contributed by atoms with Crippen LogP contribution in [0.25, 0.3) is 0 Å². The van der Waals surface area contributed by atoms with Gasteiger partial charge in [0.05, 0.1) is 5.71 Å². The molecule has 35 heavy (non-hydrogen) atoms. The minimum Gasteiger partial charge on any atom is -0.304 e. The predicted octanol–water partition coefficient (Wildman–Crippen LogP) is 8.37. The third-order valence-electron chi connectivity index (χ3n) is 6.81. The fraction of sp³-hybridized carbons (Fsp3) is 0.394. The van der Waals surface area contributed by atoms with Gasteiger partial charge in [-0.25, -0.2) is 0 Å². The van der Waals surface area contributed by atoms with Crippen LogP contribution in [0.15, 0.2) is 60.7 Å². The smallest absolute Gasteiger partial charge is 0.0562 e. The summed E-state index contributed by atoms with van der Waals surface area (Å²) in [5.41, 5.74) is 11.2. The quantitative estimate of drug-likeness (QED) is 0.329. The molecule has 0 spiro atoms. The van der Waals surface area contributed by atoms with Crippen LogP contribution in [0, 0.1) is 17.7 Å². The third kappa shape index (κ3) is 7.01. The van der Waals surface area contributed by atoms with Crippen molar-refractivity contribution in [3.05, 3.63) is 105 Å². The lowest BCUT2D eigenvalue weighted by Gasteiger charge is -2.21. The zero-order valence-electron chi connectivity index (χ0n) is 22.9. The molecular weight excluding hydrogens is 424 g/mol. The molecule has 2 N–H and O–H groups in total. The molecule has 184 valence electrons. The van der Waals surface area contributed by atoms with E-state index in [0.29, 0.717) is 17.8 Å². The van der Waals surface area contributed by atoms with Gasteiger partial charge in [0.1, 0.15) is 0 Å². The molecule has 0 bridgehead atoms. The Bertz CT molecular complexity index is 1120. The van der Waals surface area contributed by atoms with Crippen molar-refractivity contribution < 1.29 is 0 Å². The average molecular weight is 467 g/mol. The van der Waals surface area contributed by atoms with E-state index in [1.54, 1.807) is 6.92 Å². The van der Waals surface area contributed by atoms with Crippen molar-refractivity contribution in [2.45, 2.75) is 85.5 Å². The molecule has 3 aromatic carbocycles. The molecule has 2 heteroatoms. The topological polar surface area (TPSA) is 47.7 Å². The molecule has 0 aliphatic carbocycles. The third-order valence-corrected chi connectivity index (χ3v) is 6.81. The number of rotatable bonds is 7. The fourth-order valence-electron chi connectivity index (χ4n) is 4.51. The maximum Gasteiger partial charge on any atom is 0.0562 e. The summed E-state index contributed by atoms with van der Waals surface area (Å²) in [5, 5.41) is 16.5. The monoisotopic (exact) mass is 466 g/mol. The van der Waals surface area contributed by atoms with Crippen molar-refractivity contribution >= 4 is 11.4 Å². The van der Waals surface area contributed by atoms with Crippen LogP contribution < -0.4 is 0 Å². The van der Waals surface area contributed by atoms with E-state index in [9.17, 15) is 0 Å². The van der Waals surface area contributed by atoms with Crippen LogP contribution >= 0.6 is 0 Å². The molecular formula is C33H42N2. The minimum atomic E-state index is 0.138. The molecule has 0 saturated carbocycles. The Morgan fingerprint density at radius 2 is 1.03 bits per heavy atom. The molecule has 0 heterocycles. The van der Waals surface area contributed by atoms with E-state index in [1.807, 2.05) is 0 Å². The highest BCUT2D eigenvalue weighted by atomic mass is 14.5. The summed E-state index contributed by atoms with van der Waals surface area (Å²) in [6.45, 7) is 17.3. The highest BCUT2D eigenvalue weighted by Crippen LogP contribution is 2.28. The Hall–Kier alpha value is -3.00. The van der Waals surface area contributed by atoms with Crippen molar-refractivity contribution in [1.82, 2.24) is 0 Å². The van der Waals surface area contributed by atoms with Crippen LogP contribution in [0.5, 0.6) is 0 Å². The first-order valence-electron chi connectivity index (χ1n) is 12.7. The van der Waals surface area contributed by atoms with E-state index in [1.165, 1.54) is 44.5 Å². The van der Waals surface area contributed by atoms with Crippen molar-refractivity contribution in [2.75, 3.05) is 0 Å². The number of nitrogens with one attached hydrogen (secondary N) is 2. The number of hydrogen-bond acceptors (Lipinski definition) is 2. The number of aryl methyl sites for hydroxylation is 1. The van der Waals surface area contributed by atoms with Crippen LogP contribution in [0.1, 0.15) is 93.0 Å². The largest absolute Gasteiger partial charge is 0.304 e. The van der Waals surface area contributed by atoms with Crippen LogP contribution in [0.2, 0.25) is 0 Å². The van der Waals surface area contributed by atoms with Gasteiger partial charge in [0.15, 0.2) is 0 Å². The molecule has 0 amide bonds. The van der Waals surface area contributed by atoms with Crippen molar-refractivity contribution in [3.8, 4) is 0 Å². The maximum absolute atomic E-state index is 8.46. The summed E-state index contributed by atoms with van der Waals surface area (Å²) in [4.78, 5) is 0. The Kier molecular flexibility index (Phi) is 7.84.